The number of hydrogen-bond donors (Lipinski definition) is 0. The lowest BCUT2D eigenvalue weighted by Crippen LogP contribution is -2.13. The van der Waals surface area contributed by atoms with Crippen LogP contribution in [0.4, 0.5) is 22.0 Å². The Kier molecular flexibility index (Phi) is 9.45. The molecule has 0 saturated heterocycles. The van der Waals surface area contributed by atoms with E-state index in [0.717, 1.165) is 24.1 Å². The maximum Gasteiger partial charge on any atom is 0.346 e. The molecule has 0 heterocycles. The van der Waals surface area contributed by atoms with Crippen LogP contribution in [0.2, 0.25) is 0 Å². The van der Waals surface area contributed by atoms with Crippen molar-refractivity contribution in [3.8, 4) is 17.2 Å². The normalized spacial score (nSPS) is 15.0. The number of carbonyl (C=O) groups is 1. The molecule has 0 aromatic heterocycles. The van der Waals surface area contributed by atoms with Crippen molar-refractivity contribution in [2.75, 3.05) is 13.2 Å². The van der Waals surface area contributed by atoms with Gasteiger partial charge in [0.1, 0.15) is 0 Å². The molecule has 0 fully saturated rings. The standard InChI is InChI=1S/C31H29F5O4/c1-3-5-16-39-26-15-12-22(28(34)30(26)36)31(37)40-24-13-10-20(17-23(24)32)18-6-8-19(9-7-18)21-11-14-25(38-4-2)29(35)27(21)33/h6,10-15,17,19H,3-5,7-9,16H2,1-2H3. The van der Waals surface area contributed by atoms with Crippen molar-refractivity contribution in [2.45, 2.75) is 51.9 Å². The lowest BCUT2D eigenvalue weighted by Gasteiger charge is -2.23. The third-order valence-electron chi connectivity index (χ3n) is 6.75. The first-order chi connectivity index (χ1) is 19.2. The molecule has 4 nitrogen and oxygen atoms in total. The number of benzene rings is 3. The van der Waals surface area contributed by atoms with Gasteiger partial charge in [0.2, 0.25) is 11.6 Å². The molecule has 0 saturated carbocycles. The first-order valence-electron chi connectivity index (χ1n) is 13.2. The summed E-state index contributed by atoms with van der Waals surface area (Å²) in [6.45, 7) is 4.02. The molecule has 1 atom stereocenters. The zero-order chi connectivity index (χ0) is 28.8. The predicted octanol–water partition coefficient (Wildman–Crippen LogP) is 8.53. The van der Waals surface area contributed by atoms with Crippen LogP contribution in [0.5, 0.6) is 17.2 Å². The molecule has 9 heteroatoms. The van der Waals surface area contributed by atoms with E-state index in [1.807, 2.05) is 13.0 Å². The summed E-state index contributed by atoms with van der Waals surface area (Å²) in [5, 5.41) is 0. The Morgan fingerprint density at radius 2 is 1.55 bits per heavy atom. The third kappa shape index (κ3) is 6.29. The van der Waals surface area contributed by atoms with E-state index in [1.54, 1.807) is 6.92 Å². The summed E-state index contributed by atoms with van der Waals surface area (Å²) in [5.74, 6) is -7.99. The molecule has 1 unspecified atom stereocenters. The van der Waals surface area contributed by atoms with Gasteiger partial charge in [-0.1, -0.05) is 31.6 Å². The maximum atomic E-state index is 14.8. The van der Waals surface area contributed by atoms with Gasteiger partial charge < -0.3 is 14.2 Å². The topological polar surface area (TPSA) is 44.8 Å². The van der Waals surface area contributed by atoms with Crippen molar-refractivity contribution in [2.24, 2.45) is 0 Å². The zero-order valence-electron chi connectivity index (χ0n) is 22.2. The molecule has 3 aromatic carbocycles. The first kappa shape index (κ1) is 29.1. The van der Waals surface area contributed by atoms with Gasteiger partial charge in [0.15, 0.2) is 34.7 Å². The summed E-state index contributed by atoms with van der Waals surface area (Å²) in [6.07, 6.45) is 4.71. The van der Waals surface area contributed by atoms with Crippen molar-refractivity contribution in [3.63, 3.8) is 0 Å². The molecular formula is C31H29F5O4. The van der Waals surface area contributed by atoms with E-state index in [-0.39, 0.29) is 36.2 Å². The van der Waals surface area contributed by atoms with Gasteiger partial charge in [0.25, 0.3) is 0 Å². The van der Waals surface area contributed by atoms with E-state index in [0.29, 0.717) is 31.2 Å². The number of esters is 1. The molecule has 0 N–H and O–H groups in total. The van der Waals surface area contributed by atoms with Gasteiger partial charge >= 0.3 is 5.97 Å². The van der Waals surface area contributed by atoms with Gasteiger partial charge in [0, 0.05) is 0 Å². The van der Waals surface area contributed by atoms with Gasteiger partial charge in [-0.05, 0) is 85.6 Å². The molecule has 1 aliphatic rings. The second-order valence-corrected chi connectivity index (χ2v) is 9.39. The second kappa shape index (κ2) is 13.0. The smallest absolute Gasteiger partial charge is 0.346 e. The highest BCUT2D eigenvalue weighted by atomic mass is 19.2. The monoisotopic (exact) mass is 560 g/mol. The van der Waals surface area contributed by atoms with Crippen LogP contribution in [0, 0.1) is 29.1 Å². The predicted molar refractivity (Wildman–Crippen MR) is 140 cm³/mol. The zero-order valence-corrected chi connectivity index (χ0v) is 22.2. The molecular weight excluding hydrogens is 531 g/mol. The van der Waals surface area contributed by atoms with Crippen LogP contribution in [0.15, 0.2) is 48.5 Å². The SMILES string of the molecule is CCCCOc1ccc(C(=O)Oc2ccc(C3=CCC(c4ccc(OCC)c(F)c4F)CC3)cc2F)c(F)c1F. The Morgan fingerprint density at radius 3 is 2.23 bits per heavy atom. The number of halogens is 5. The highest BCUT2D eigenvalue weighted by Crippen LogP contribution is 2.39. The van der Waals surface area contributed by atoms with Crippen molar-refractivity contribution < 1.29 is 41.0 Å². The second-order valence-electron chi connectivity index (χ2n) is 9.39. The third-order valence-corrected chi connectivity index (χ3v) is 6.75. The summed E-state index contributed by atoms with van der Waals surface area (Å²) in [7, 11) is 0. The van der Waals surface area contributed by atoms with Crippen LogP contribution in [0.1, 0.15) is 73.4 Å². The number of allylic oxidation sites excluding steroid dienone is 2. The summed E-state index contributed by atoms with van der Waals surface area (Å²) in [4.78, 5) is 12.5. The number of carbonyl (C=O) groups excluding carboxylic acids is 1. The molecule has 212 valence electrons. The molecule has 0 bridgehead atoms. The fraction of sp³-hybridized carbons (Fsp3) is 0.323. The molecule has 3 aromatic rings. The van der Waals surface area contributed by atoms with Gasteiger partial charge in [0.05, 0.1) is 18.8 Å². The molecule has 1 aliphatic carbocycles. The van der Waals surface area contributed by atoms with Gasteiger partial charge in [-0.15, -0.1) is 0 Å². The molecule has 40 heavy (non-hydrogen) atoms. The fourth-order valence-corrected chi connectivity index (χ4v) is 4.57. The largest absolute Gasteiger partial charge is 0.491 e. The highest BCUT2D eigenvalue weighted by molar-refractivity contribution is 5.91. The molecule has 0 amide bonds. The molecule has 4 rings (SSSR count). The van der Waals surface area contributed by atoms with Crippen LogP contribution in [0.3, 0.4) is 0 Å². The first-order valence-corrected chi connectivity index (χ1v) is 13.2. The fourth-order valence-electron chi connectivity index (χ4n) is 4.57. The van der Waals surface area contributed by atoms with E-state index in [9.17, 15) is 26.7 Å². The Hall–Kier alpha value is -3.88. The van der Waals surface area contributed by atoms with Crippen LogP contribution in [-0.4, -0.2) is 19.2 Å². The van der Waals surface area contributed by atoms with E-state index in [1.165, 1.54) is 30.3 Å². The van der Waals surface area contributed by atoms with Crippen molar-refractivity contribution in [1.29, 1.82) is 0 Å². The lowest BCUT2D eigenvalue weighted by molar-refractivity contribution is 0.0721. The quantitative estimate of drug-likeness (QED) is 0.108. The number of ether oxygens (including phenoxy) is 3. The average Bonchev–Trinajstić information content (AvgIpc) is 2.95. The van der Waals surface area contributed by atoms with E-state index in [4.69, 9.17) is 14.2 Å². The Balaban J connectivity index is 1.44. The number of unbranched alkanes of at least 4 members (excludes halogenated alkanes) is 1. The summed E-state index contributed by atoms with van der Waals surface area (Å²) < 4.78 is 87.9. The van der Waals surface area contributed by atoms with Crippen LogP contribution >= 0.6 is 0 Å². The Morgan fingerprint density at radius 1 is 0.850 bits per heavy atom. The Labute approximate surface area is 229 Å². The minimum absolute atomic E-state index is 0.131. The summed E-state index contributed by atoms with van der Waals surface area (Å²) in [5.41, 5.74) is 0.892. The van der Waals surface area contributed by atoms with Crippen molar-refractivity contribution in [1.82, 2.24) is 0 Å². The number of rotatable bonds is 10. The summed E-state index contributed by atoms with van der Waals surface area (Å²) in [6, 6.07) is 9.04. The minimum atomic E-state index is -1.44. The van der Waals surface area contributed by atoms with Gasteiger partial charge in [-0.25, -0.2) is 18.0 Å². The molecule has 0 spiro atoms. The van der Waals surface area contributed by atoms with E-state index in [2.05, 4.69) is 0 Å². The van der Waals surface area contributed by atoms with Gasteiger partial charge in [-0.2, -0.15) is 8.78 Å². The lowest BCUT2D eigenvalue weighted by atomic mass is 9.82. The van der Waals surface area contributed by atoms with Gasteiger partial charge in [-0.3, -0.25) is 0 Å². The van der Waals surface area contributed by atoms with E-state index < -0.39 is 46.4 Å². The maximum absolute atomic E-state index is 14.8. The number of hydrogen-bond acceptors (Lipinski definition) is 4. The van der Waals surface area contributed by atoms with Crippen LogP contribution < -0.4 is 14.2 Å². The van der Waals surface area contributed by atoms with Crippen molar-refractivity contribution in [3.05, 3.63) is 94.3 Å². The summed E-state index contributed by atoms with van der Waals surface area (Å²) >= 11 is 0. The van der Waals surface area contributed by atoms with Crippen LogP contribution in [0.25, 0.3) is 5.57 Å². The average molecular weight is 561 g/mol. The van der Waals surface area contributed by atoms with Crippen molar-refractivity contribution >= 4 is 11.5 Å². The molecule has 0 radical (unpaired) electrons. The highest BCUT2D eigenvalue weighted by Gasteiger charge is 2.25. The van der Waals surface area contributed by atoms with Crippen LogP contribution in [-0.2, 0) is 0 Å². The molecule has 0 aliphatic heterocycles. The van der Waals surface area contributed by atoms with E-state index >= 15 is 0 Å². The Bertz CT molecular complexity index is 1420. The minimum Gasteiger partial charge on any atom is -0.491 e.